The van der Waals surface area contributed by atoms with Gasteiger partial charge >= 0.3 is 0 Å². The Morgan fingerprint density at radius 3 is 2.65 bits per heavy atom. The zero-order valence-corrected chi connectivity index (χ0v) is 12.2. The van der Waals surface area contributed by atoms with E-state index in [0.29, 0.717) is 5.56 Å². The van der Waals surface area contributed by atoms with Crippen molar-refractivity contribution in [1.82, 2.24) is 4.90 Å². The van der Waals surface area contributed by atoms with Gasteiger partial charge in [0.1, 0.15) is 11.9 Å². The second kappa shape index (κ2) is 7.57. The molecule has 1 aliphatic rings. The summed E-state index contributed by atoms with van der Waals surface area (Å²) >= 11 is 0. The molecule has 1 aromatic carbocycles. The summed E-state index contributed by atoms with van der Waals surface area (Å²) in [6.07, 6.45) is 1.27. The Balaban J connectivity index is 0.00000200. The van der Waals surface area contributed by atoms with Crippen molar-refractivity contribution in [1.29, 1.82) is 0 Å². The lowest BCUT2D eigenvalue weighted by Gasteiger charge is -2.26. The summed E-state index contributed by atoms with van der Waals surface area (Å²) in [5.41, 5.74) is 6.04. The molecule has 2 N–H and O–H groups in total. The second-order valence-electron chi connectivity index (χ2n) is 4.75. The first kappa shape index (κ1) is 16.9. The maximum atomic E-state index is 13.7. The Hall–Kier alpha value is -1.17. The third kappa shape index (κ3) is 3.91. The average Bonchev–Trinajstić information content (AvgIpc) is 3.23. The Labute approximate surface area is 124 Å². The van der Waals surface area contributed by atoms with Crippen LogP contribution in [0.3, 0.4) is 0 Å². The number of methoxy groups -OCH3 is 1. The lowest BCUT2D eigenvalue weighted by molar-refractivity contribution is -0.142. The quantitative estimate of drug-likeness (QED) is 0.870. The van der Waals surface area contributed by atoms with Gasteiger partial charge in [0.05, 0.1) is 0 Å². The first-order chi connectivity index (χ1) is 9.17. The zero-order valence-electron chi connectivity index (χ0n) is 11.4. The van der Waals surface area contributed by atoms with Crippen LogP contribution in [0.5, 0.6) is 0 Å². The normalized spacial score (nSPS) is 15.3. The smallest absolute Gasteiger partial charge is 0.253 e. The molecule has 1 saturated carbocycles. The van der Waals surface area contributed by atoms with Crippen molar-refractivity contribution >= 4 is 18.3 Å². The van der Waals surface area contributed by atoms with Crippen molar-refractivity contribution in [3.05, 3.63) is 35.6 Å². The molecule has 20 heavy (non-hydrogen) atoms. The number of nitrogens with zero attached hydrogens (tertiary/aromatic N) is 1. The number of carbonyl (C=O) groups excluding carboxylic acids is 1. The van der Waals surface area contributed by atoms with E-state index in [0.717, 1.165) is 12.8 Å². The van der Waals surface area contributed by atoms with E-state index in [4.69, 9.17) is 10.5 Å². The van der Waals surface area contributed by atoms with E-state index in [9.17, 15) is 9.18 Å². The molecule has 1 unspecified atom stereocenters. The molecule has 4 nitrogen and oxygen atoms in total. The average molecular weight is 303 g/mol. The highest BCUT2D eigenvalue weighted by molar-refractivity contribution is 5.85. The number of halogens is 2. The largest absolute Gasteiger partial charge is 0.370 e. The maximum Gasteiger partial charge on any atom is 0.253 e. The number of rotatable bonds is 6. The van der Waals surface area contributed by atoms with Crippen LogP contribution in [-0.4, -0.2) is 36.6 Å². The third-order valence-corrected chi connectivity index (χ3v) is 3.34. The third-order valence-electron chi connectivity index (χ3n) is 3.34. The molecule has 0 radical (unpaired) electrons. The number of amides is 1. The summed E-state index contributed by atoms with van der Waals surface area (Å²) in [6.45, 7) is 0.409. The topological polar surface area (TPSA) is 55.6 Å². The van der Waals surface area contributed by atoms with Crippen LogP contribution < -0.4 is 5.73 Å². The SMILES string of the molecule is COC(CN)C(=O)N(Cc1ccccc1F)C1CC1.Cl. The van der Waals surface area contributed by atoms with Gasteiger partial charge in [-0.3, -0.25) is 4.79 Å². The molecule has 1 amide bonds. The molecule has 0 heterocycles. The second-order valence-corrected chi connectivity index (χ2v) is 4.75. The molecule has 6 heteroatoms. The van der Waals surface area contributed by atoms with Crippen molar-refractivity contribution in [3.8, 4) is 0 Å². The molecule has 112 valence electrons. The zero-order chi connectivity index (χ0) is 13.8. The van der Waals surface area contributed by atoms with Gasteiger partial charge in [-0.1, -0.05) is 18.2 Å². The minimum atomic E-state index is -0.646. The van der Waals surface area contributed by atoms with Crippen LogP contribution in [0.2, 0.25) is 0 Å². The summed E-state index contributed by atoms with van der Waals surface area (Å²) < 4.78 is 18.7. The van der Waals surface area contributed by atoms with E-state index in [-0.39, 0.29) is 43.3 Å². The van der Waals surface area contributed by atoms with Gasteiger partial charge in [-0.25, -0.2) is 4.39 Å². The summed E-state index contributed by atoms with van der Waals surface area (Å²) in [5, 5.41) is 0. The predicted molar refractivity (Wildman–Crippen MR) is 77.1 cm³/mol. The van der Waals surface area contributed by atoms with Gasteiger partial charge in [-0.2, -0.15) is 0 Å². The molecular formula is C14H20ClFN2O2. The van der Waals surface area contributed by atoms with Gasteiger partial charge in [-0.15, -0.1) is 12.4 Å². The fourth-order valence-corrected chi connectivity index (χ4v) is 2.07. The summed E-state index contributed by atoms with van der Waals surface area (Å²) in [7, 11) is 1.46. The first-order valence-corrected chi connectivity index (χ1v) is 6.44. The van der Waals surface area contributed by atoms with Crippen LogP contribution >= 0.6 is 12.4 Å². The van der Waals surface area contributed by atoms with Crippen molar-refractivity contribution in [2.24, 2.45) is 5.73 Å². The van der Waals surface area contributed by atoms with Gasteiger partial charge in [0, 0.05) is 31.8 Å². The monoisotopic (exact) mass is 302 g/mol. The minimum Gasteiger partial charge on any atom is -0.370 e. The van der Waals surface area contributed by atoms with Gasteiger partial charge < -0.3 is 15.4 Å². The fourth-order valence-electron chi connectivity index (χ4n) is 2.07. The highest BCUT2D eigenvalue weighted by Gasteiger charge is 2.35. The van der Waals surface area contributed by atoms with Crippen LogP contribution in [0.1, 0.15) is 18.4 Å². The van der Waals surface area contributed by atoms with E-state index in [1.54, 1.807) is 23.1 Å². The van der Waals surface area contributed by atoms with Crippen LogP contribution in [0.15, 0.2) is 24.3 Å². The lowest BCUT2D eigenvalue weighted by Crippen LogP contribution is -2.44. The Morgan fingerprint density at radius 1 is 1.50 bits per heavy atom. The summed E-state index contributed by atoms with van der Waals surface area (Å²) in [4.78, 5) is 14.0. The Morgan fingerprint density at radius 2 is 2.15 bits per heavy atom. The molecule has 0 saturated heterocycles. The standard InChI is InChI=1S/C14H19FN2O2.ClH/c1-19-13(8-16)14(18)17(11-6-7-11)9-10-4-2-3-5-12(10)15;/h2-5,11,13H,6-9,16H2,1H3;1H. The summed E-state index contributed by atoms with van der Waals surface area (Å²) in [6, 6.07) is 6.70. The van der Waals surface area contributed by atoms with Crippen molar-refractivity contribution in [3.63, 3.8) is 0 Å². The first-order valence-electron chi connectivity index (χ1n) is 6.44. The van der Waals surface area contributed by atoms with Gasteiger partial charge in [0.15, 0.2) is 0 Å². The molecular weight excluding hydrogens is 283 g/mol. The highest BCUT2D eigenvalue weighted by Crippen LogP contribution is 2.29. The number of hydrogen-bond acceptors (Lipinski definition) is 3. The minimum absolute atomic E-state index is 0. The van der Waals surface area contributed by atoms with Crippen LogP contribution in [-0.2, 0) is 16.1 Å². The molecule has 1 atom stereocenters. The molecule has 2 rings (SSSR count). The maximum absolute atomic E-state index is 13.7. The van der Waals surface area contributed by atoms with Crippen LogP contribution in [0.4, 0.5) is 4.39 Å². The lowest BCUT2D eigenvalue weighted by atomic mass is 10.2. The molecule has 1 aromatic rings. The molecule has 1 fully saturated rings. The molecule has 0 aromatic heterocycles. The number of carbonyl (C=O) groups is 1. The molecule has 0 spiro atoms. The Kier molecular flexibility index (Phi) is 6.39. The summed E-state index contributed by atoms with van der Waals surface area (Å²) in [5.74, 6) is -0.446. The van der Waals surface area contributed by atoms with Crippen molar-refractivity contribution in [2.75, 3.05) is 13.7 Å². The van der Waals surface area contributed by atoms with Crippen molar-refractivity contribution in [2.45, 2.75) is 31.5 Å². The van der Waals surface area contributed by atoms with E-state index < -0.39 is 6.10 Å². The van der Waals surface area contributed by atoms with E-state index >= 15 is 0 Å². The highest BCUT2D eigenvalue weighted by atomic mass is 35.5. The number of hydrogen-bond donors (Lipinski definition) is 1. The van der Waals surface area contributed by atoms with Crippen LogP contribution in [0, 0.1) is 5.82 Å². The molecule has 0 bridgehead atoms. The molecule has 0 aliphatic heterocycles. The number of nitrogens with two attached hydrogens (primary N) is 1. The van der Waals surface area contributed by atoms with Crippen LogP contribution in [0.25, 0.3) is 0 Å². The van der Waals surface area contributed by atoms with E-state index in [2.05, 4.69) is 0 Å². The van der Waals surface area contributed by atoms with Crippen molar-refractivity contribution < 1.29 is 13.9 Å². The Bertz CT molecular complexity index is 451. The van der Waals surface area contributed by atoms with E-state index in [1.807, 2.05) is 0 Å². The van der Waals surface area contributed by atoms with Gasteiger partial charge in [0.25, 0.3) is 5.91 Å². The van der Waals surface area contributed by atoms with Gasteiger partial charge in [0.2, 0.25) is 0 Å². The molecule has 1 aliphatic carbocycles. The van der Waals surface area contributed by atoms with Gasteiger partial charge in [-0.05, 0) is 18.9 Å². The number of ether oxygens (including phenoxy) is 1. The number of benzene rings is 1. The predicted octanol–water partition coefficient (Wildman–Crippen LogP) is 1.71. The van der Waals surface area contributed by atoms with E-state index in [1.165, 1.54) is 13.2 Å². The fraction of sp³-hybridized carbons (Fsp3) is 0.500.